The summed E-state index contributed by atoms with van der Waals surface area (Å²) in [7, 11) is 0. The fourth-order valence-corrected chi connectivity index (χ4v) is 4.58. The number of benzene rings is 3. The van der Waals surface area contributed by atoms with Gasteiger partial charge in [0, 0.05) is 39.6 Å². The Morgan fingerprint density at radius 2 is 1.85 bits per heavy atom. The van der Waals surface area contributed by atoms with Crippen LogP contribution >= 0.6 is 0 Å². The van der Waals surface area contributed by atoms with Gasteiger partial charge in [0.15, 0.2) is 0 Å². The maximum absolute atomic E-state index is 13.8. The van der Waals surface area contributed by atoms with E-state index >= 15 is 0 Å². The molecule has 5 rings (SSSR count). The van der Waals surface area contributed by atoms with E-state index in [4.69, 9.17) is 0 Å². The van der Waals surface area contributed by atoms with Gasteiger partial charge >= 0.3 is 5.97 Å². The minimum absolute atomic E-state index is 0.195. The number of nitrogens with zero attached hydrogens (tertiary/aromatic N) is 3. The second-order valence-corrected chi connectivity index (χ2v) is 8.96. The quantitative estimate of drug-likeness (QED) is 0.332. The number of fused-ring (bicyclic) bond motifs is 2. The van der Waals surface area contributed by atoms with Crippen LogP contribution in [0.3, 0.4) is 0 Å². The number of hydrogen-bond donors (Lipinski definition) is 2. The number of nitrogens with one attached hydrogen (secondary N) is 1. The van der Waals surface area contributed by atoms with Crippen LogP contribution in [-0.4, -0.2) is 25.8 Å². The van der Waals surface area contributed by atoms with Gasteiger partial charge in [-0.1, -0.05) is 26.0 Å². The molecular weight excluding hydrogens is 431 g/mol. The minimum Gasteiger partial charge on any atom is -0.478 e. The summed E-state index contributed by atoms with van der Waals surface area (Å²) in [6.07, 6.45) is 2.01. The lowest BCUT2D eigenvalue weighted by atomic mass is 9.81. The third kappa shape index (κ3) is 3.41. The van der Waals surface area contributed by atoms with E-state index in [9.17, 15) is 19.6 Å². The molecule has 2 aromatic heterocycles. The van der Waals surface area contributed by atoms with Crippen molar-refractivity contribution in [2.24, 2.45) is 0 Å². The number of carboxylic acid groups (broad SMARTS) is 1. The molecule has 0 aliphatic heterocycles. The van der Waals surface area contributed by atoms with Crippen LogP contribution in [0.1, 0.15) is 36.3 Å². The first-order valence-electron chi connectivity index (χ1n) is 10.8. The summed E-state index contributed by atoms with van der Waals surface area (Å²) in [6, 6.07) is 19.4. The lowest BCUT2D eigenvalue weighted by molar-refractivity contribution is 0.0697. The largest absolute Gasteiger partial charge is 0.478 e. The summed E-state index contributed by atoms with van der Waals surface area (Å²) in [4.78, 5) is 11.4. The number of carboxylic acids is 1. The van der Waals surface area contributed by atoms with Gasteiger partial charge in [-0.15, -0.1) is 0 Å². The van der Waals surface area contributed by atoms with Crippen LogP contribution in [0.2, 0.25) is 0 Å². The first-order chi connectivity index (χ1) is 16.3. The van der Waals surface area contributed by atoms with Gasteiger partial charge in [-0.25, -0.2) is 9.18 Å². The molecule has 7 heteroatoms. The predicted molar refractivity (Wildman–Crippen MR) is 129 cm³/mol. The number of carbonyl (C=O) groups is 1. The van der Waals surface area contributed by atoms with Crippen molar-refractivity contribution in [3.63, 3.8) is 0 Å². The molecule has 0 fully saturated rings. The van der Waals surface area contributed by atoms with Crippen molar-refractivity contribution in [3.05, 3.63) is 83.9 Å². The smallest absolute Gasteiger partial charge is 0.335 e. The molecule has 0 bridgehead atoms. The molecule has 3 aromatic carbocycles. The van der Waals surface area contributed by atoms with E-state index in [2.05, 4.69) is 20.8 Å². The fourth-order valence-electron chi connectivity index (χ4n) is 4.58. The Hall–Kier alpha value is -4.44. The van der Waals surface area contributed by atoms with Crippen molar-refractivity contribution < 1.29 is 14.3 Å². The van der Waals surface area contributed by atoms with E-state index in [0.29, 0.717) is 0 Å². The van der Waals surface area contributed by atoms with Crippen molar-refractivity contribution in [2.45, 2.75) is 25.7 Å². The number of aromatic nitrogens is 3. The third-order valence-electron chi connectivity index (χ3n) is 6.19. The van der Waals surface area contributed by atoms with Crippen molar-refractivity contribution >= 4 is 27.8 Å². The van der Waals surface area contributed by atoms with Crippen LogP contribution in [0, 0.1) is 17.1 Å². The molecule has 0 amide bonds. The van der Waals surface area contributed by atoms with E-state index < -0.39 is 11.4 Å². The monoisotopic (exact) mass is 452 g/mol. The lowest BCUT2D eigenvalue weighted by Gasteiger charge is -2.26. The van der Waals surface area contributed by atoms with Crippen LogP contribution in [0.15, 0.2) is 66.9 Å². The van der Waals surface area contributed by atoms with Gasteiger partial charge < -0.3 is 9.67 Å². The van der Waals surface area contributed by atoms with E-state index in [1.54, 1.807) is 42.6 Å². The zero-order valence-corrected chi connectivity index (χ0v) is 18.6. The summed E-state index contributed by atoms with van der Waals surface area (Å²) < 4.78 is 15.9. The molecule has 0 saturated heterocycles. The second-order valence-electron chi connectivity index (χ2n) is 8.96. The summed E-state index contributed by atoms with van der Waals surface area (Å²) in [5.74, 6) is -1.33. The molecule has 0 saturated carbocycles. The van der Waals surface area contributed by atoms with Crippen LogP contribution < -0.4 is 0 Å². The standard InChI is InChI=1S/C27H21FN4O2/c1-27(2,11-12-29)25-24(16-3-5-17(6-4-16)26(33)34)21-13-18-15-30-31-22(18)14-23(21)32(25)20-9-7-19(28)8-10-20/h3-10,13-15H,11H2,1-2H3,(H,30,31)(H,33,34). The van der Waals surface area contributed by atoms with E-state index in [1.165, 1.54) is 12.1 Å². The molecule has 5 aromatic rings. The zero-order chi connectivity index (χ0) is 24.0. The topological polar surface area (TPSA) is 94.7 Å². The van der Waals surface area contributed by atoms with E-state index in [0.717, 1.165) is 44.3 Å². The van der Waals surface area contributed by atoms with Gasteiger partial charge in [-0.2, -0.15) is 10.4 Å². The summed E-state index contributed by atoms with van der Waals surface area (Å²) in [5, 5.41) is 28.0. The maximum atomic E-state index is 13.8. The Kier molecular flexibility index (Phi) is 4.94. The molecule has 2 N–H and O–H groups in total. The highest BCUT2D eigenvalue weighted by molar-refractivity contribution is 6.06. The molecule has 34 heavy (non-hydrogen) atoms. The summed E-state index contributed by atoms with van der Waals surface area (Å²) in [5.41, 5.74) is 4.74. The van der Waals surface area contributed by atoms with Crippen molar-refractivity contribution in [2.75, 3.05) is 0 Å². The van der Waals surface area contributed by atoms with Gasteiger partial charge in [0.25, 0.3) is 0 Å². The summed E-state index contributed by atoms with van der Waals surface area (Å²) in [6.45, 7) is 4.01. The Balaban J connectivity index is 1.94. The summed E-state index contributed by atoms with van der Waals surface area (Å²) >= 11 is 0. The van der Waals surface area contributed by atoms with E-state index in [1.807, 2.05) is 26.0 Å². The molecule has 0 aliphatic carbocycles. The van der Waals surface area contributed by atoms with Gasteiger partial charge in [0.05, 0.1) is 28.9 Å². The first-order valence-corrected chi connectivity index (χ1v) is 10.8. The molecule has 0 unspecified atom stereocenters. The molecule has 0 atom stereocenters. The number of aromatic amines is 1. The molecule has 0 aliphatic rings. The Bertz CT molecular complexity index is 1590. The Labute approximate surface area is 194 Å². The fraction of sp³-hybridized carbons (Fsp3) is 0.148. The van der Waals surface area contributed by atoms with Gasteiger partial charge in [-0.05, 0) is 54.1 Å². The van der Waals surface area contributed by atoms with Crippen LogP contribution in [0.5, 0.6) is 0 Å². The number of rotatable bonds is 5. The van der Waals surface area contributed by atoms with E-state index in [-0.39, 0.29) is 17.8 Å². The Morgan fingerprint density at radius 3 is 2.50 bits per heavy atom. The molecular formula is C27H21FN4O2. The highest BCUT2D eigenvalue weighted by Gasteiger charge is 2.32. The van der Waals surface area contributed by atoms with Crippen LogP contribution in [0.4, 0.5) is 4.39 Å². The molecule has 0 spiro atoms. The normalized spacial score (nSPS) is 11.7. The van der Waals surface area contributed by atoms with Gasteiger partial charge in [0.1, 0.15) is 5.82 Å². The predicted octanol–water partition coefficient (Wildman–Crippen LogP) is 6.20. The lowest BCUT2D eigenvalue weighted by Crippen LogP contribution is -2.21. The van der Waals surface area contributed by atoms with Crippen LogP contribution in [0.25, 0.3) is 38.6 Å². The third-order valence-corrected chi connectivity index (χ3v) is 6.19. The highest BCUT2D eigenvalue weighted by Crippen LogP contribution is 2.45. The van der Waals surface area contributed by atoms with Crippen LogP contribution in [-0.2, 0) is 5.41 Å². The average molecular weight is 452 g/mol. The zero-order valence-electron chi connectivity index (χ0n) is 18.6. The highest BCUT2D eigenvalue weighted by atomic mass is 19.1. The number of aromatic carboxylic acids is 1. The van der Waals surface area contributed by atoms with Crippen molar-refractivity contribution in [1.29, 1.82) is 5.26 Å². The van der Waals surface area contributed by atoms with Crippen molar-refractivity contribution in [1.82, 2.24) is 14.8 Å². The maximum Gasteiger partial charge on any atom is 0.335 e. The number of halogens is 1. The number of nitriles is 1. The molecule has 6 nitrogen and oxygen atoms in total. The van der Waals surface area contributed by atoms with Crippen molar-refractivity contribution in [3.8, 4) is 22.9 Å². The molecule has 168 valence electrons. The number of H-pyrrole nitrogens is 1. The number of hydrogen-bond acceptors (Lipinski definition) is 3. The van der Waals surface area contributed by atoms with Gasteiger partial charge in [-0.3, -0.25) is 5.10 Å². The SMILES string of the molecule is CC(C)(CC#N)c1c(-c2ccc(C(=O)O)cc2)c2cc3cn[nH]c3cc2n1-c1ccc(F)cc1. The Morgan fingerprint density at radius 1 is 1.15 bits per heavy atom. The van der Waals surface area contributed by atoms with Gasteiger partial charge in [0.2, 0.25) is 0 Å². The second kappa shape index (κ2) is 7.85. The molecule has 2 heterocycles. The minimum atomic E-state index is -0.995. The average Bonchev–Trinajstić information content (AvgIpc) is 3.40. The molecule has 0 radical (unpaired) electrons. The first kappa shape index (κ1) is 21.4.